The van der Waals surface area contributed by atoms with Crippen molar-refractivity contribution in [3.8, 4) is 0 Å². The van der Waals surface area contributed by atoms with Crippen LogP contribution in [0.2, 0.25) is 0 Å². The van der Waals surface area contributed by atoms with Crippen molar-refractivity contribution in [2.45, 2.75) is 193 Å². The fourth-order valence-corrected chi connectivity index (χ4v) is 5.28. The Bertz CT molecular complexity index is 344. The van der Waals surface area contributed by atoms with Crippen LogP contribution in [0.25, 0.3) is 0 Å². The first kappa shape index (κ1) is 36.4. The molecule has 0 fully saturated rings. The van der Waals surface area contributed by atoms with Crippen LogP contribution in [0.15, 0.2) is 0 Å². The molecule has 1 nitrogen and oxygen atoms in total. The molecule has 0 N–H and O–H groups in total. The van der Waals surface area contributed by atoms with Gasteiger partial charge in [0.15, 0.2) is 0 Å². The molecule has 1 unspecified atom stereocenters. The Kier molecular flexibility index (Phi) is 33.5. The van der Waals surface area contributed by atoms with Crippen LogP contribution in [0.1, 0.15) is 187 Å². The molecule has 34 heavy (non-hydrogen) atoms. The van der Waals surface area contributed by atoms with Gasteiger partial charge in [-0.1, -0.05) is 174 Å². The molecule has 0 aromatic rings. The average Bonchev–Trinajstić information content (AvgIpc) is 2.81. The van der Waals surface area contributed by atoms with E-state index in [2.05, 4.69) is 32.8 Å². The fraction of sp³-hybridized carbons (Fsp3) is 1.00. The minimum Gasteiger partial charge on any atom is -0.306 e. The van der Waals surface area contributed by atoms with Gasteiger partial charge >= 0.3 is 0 Å². The van der Waals surface area contributed by atoms with Crippen molar-refractivity contribution in [3.05, 3.63) is 0 Å². The van der Waals surface area contributed by atoms with Crippen molar-refractivity contribution in [3.63, 3.8) is 0 Å². The van der Waals surface area contributed by atoms with Crippen molar-refractivity contribution in [1.82, 2.24) is 4.90 Å². The molecule has 0 heterocycles. The van der Waals surface area contributed by atoms with Gasteiger partial charge in [0.2, 0.25) is 0 Å². The first-order chi connectivity index (χ1) is 16.2. The van der Waals surface area contributed by atoms with E-state index >= 15 is 0 Å². The van der Waals surface area contributed by atoms with Gasteiger partial charge in [0.05, 0.1) is 0 Å². The molecule has 0 aliphatic heterocycles. The van der Waals surface area contributed by atoms with Gasteiger partial charge in [-0.3, -0.25) is 0 Å². The molecule has 0 saturated carbocycles. The molecule has 0 aliphatic carbocycles. The molecule has 2 heteroatoms. The summed E-state index contributed by atoms with van der Waals surface area (Å²) in [5.74, 6) is 0. The highest BCUT2D eigenvalue weighted by molar-refractivity contribution is 5.85. The average molecular weight is 502 g/mol. The zero-order chi connectivity index (χ0) is 24.2. The monoisotopic (exact) mass is 502 g/mol. The molecule has 0 spiro atoms. The predicted octanol–water partition coefficient (Wildman–Crippen LogP) is 11.9. The Morgan fingerprint density at radius 1 is 0.353 bits per heavy atom. The summed E-state index contributed by atoms with van der Waals surface area (Å²) in [7, 11) is 4.59. The van der Waals surface area contributed by atoms with Gasteiger partial charge in [-0.25, -0.2) is 0 Å². The van der Waals surface area contributed by atoms with E-state index in [0.717, 1.165) is 6.04 Å². The Balaban J connectivity index is 0. The molecule has 0 rings (SSSR count). The van der Waals surface area contributed by atoms with Crippen LogP contribution >= 0.6 is 12.4 Å². The number of unbranched alkanes of at least 4 members (excludes halogenated alkanes) is 23. The highest BCUT2D eigenvalue weighted by Crippen LogP contribution is 2.18. The van der Waals surface area contributed by atoms with Gasteiger partial charge in [-0.2, -0.15) is 0 Å². The fourth-order valence-electron chi connectivity index (χ4n) is 5.28. The molecule has 0 aromatic carbocycles. The molecule has 0 aliphatic rings. The van der Waals surface area contributed by atoms with Gasteiger partial charge in [0, 0.05) is 6.04 Å². The van der Waals surface area contributed by atoms with Crippen LogP contribution in [-0.4, -0.2) is 25.0 Å². The highest BCUT2D eigenvalue weighted by Gasteiger charge is 2.10. The summed E-state index contributed by atoms with van der Waals surface area (Å²) < 4.78 is 0. The second-order valence-corrected chi connectivity index (χ2v) is 11.3. The standard InChI is InChI=1S/C32H67N.ClH/c1-5-7-9-11-13-15-16-17-18-19-20-21-23-25-27-29-31-32(33(3)4)30-28-26-24-22-14-12-10-8-6-2;/h32H,5-31H2,1-4H3;1H. The number of nitrogens with zero attached hydrogens (tertiary/aromatic N) is 1. The zero-order valence-corrected chi connectivity index (χ0v) is 25.3. The number of hydrogen-bond donors (Lipinski definition) is 0. The lowest BCUT2D eigenvalue weighted by Gasteiger charge is -2.24. The minimum atomic E-state index is 0. The van der Waals surface area contributed by atoms with Crippen molar-refractivity contribution < 1.29 is 0 Å². The normalized spacial score (nSPS) is 12.3. The molecular weight excluding hydrogens is 434 g/mol. The largest absolute Gasteiger partial charge is 0.306 e. The van der Waals surface area contributed by atoms with E-state index in [-0.39, 0.29) is 12.4 Å². The quantitative estimate of drug-likeness (QED) is 0.0962. The van der Waals surface area contributed by atoms with Crippen molar-refractivity contribution >= 4 is 12.4 Å². The van der Waals surface area contributed by atoms with Crippen LogP contribution < -0.4 is 0 Å². The summed E-state index contributed by atoms with van der Waals surface area (Å²) in [5.41, 5.74) is 0. The van der Waals surface area contributed by atoms with Gasteiger partial charge in [0.1, 0.15) is 0 Å². The topological polar surface area (TPSA) is 3.24 Å². The molecule has 1 atom stereocenters. The van der Waals surface area contributed by atoms with Gasteiger partial charge in [-0.15, -0.1) is 12.4 Å². The van der Waals surface area contributed by atoms with Crippen molar-refractivity contribution in [2.24, 2.45) is 0 Å². The number of hydrogen-bond acceptors (Lipinski definition) is 1. The van der Waals surface area contributed by atoms with Crippen LogP contribution in [0.5, 0.6) is 0 Å². The minimum absolute atomic E-state index is 0. The summed E-state index contributed by atoms with van der Waals surface area (Å²) in [6.07, 6.45) is 39.3. The predicted molar refractivity (Wildman–Crippen MR) is 161 cm³/mol. The van der Waals surface area contributed by atoms with E-state index in [9.17, 15) is 0 Å². The highest BCUT2D eigenvalue weighted by atomic mass is 35.5. The second-order valence-electron chi connectivity index (χ2n) is 11.3. The van der Waals surface area contributed by atoms with Crippen LogP contribution in [0, 0.1) is 0 Å². The smallest absolute Gasteiger partial charge is 0.00891 e. The van der Waals surface area contributed by atoms with E-state index in [4.69, 9.17) is 0 Å². The number of halogens is 1. The summed E-state index contributed by atoms with van der Waals surface area (Å²) in [6.45, 7) is 4.61. The molecule has 0 bridgehead atoms. The number of rotatable bonds is 28. The van der Waals surface area contributed by atoms with E-state index < -0.39 is 0 Å². The summed E-state index contributed by atoms with van der Waals surface area (Å²) in [6, 6.07) is 0.821. The Morgan fingerprint density at radius 3 is 0.765 bits per heavy atom. The lowest BCUT2D eigenvalue weighted by atomic mass is 9.99. The molecule has 0 saturated heterocycles. The Hall–Kier alpha value is 0.250. The molecule has 0 amide bonds. The van der Waals surface area contributed by atoms with Crippen molar-refractivity contribution in [1.29, 1.82) is 0 Å². The maximum Gasteiger partial charge on any atom is 0.00891 e. The van der Waals surface area contributed by atoms with E-state index in [1.165, 1.54) is 173 Å². The lowest BCUT2D eigenvalue weighted by Crippen LogP contribution is -2.27. The molecule has 208 valence electrons. The van der Waals surface area contributed by atoms with E-state index in [1.54, 1.807) is 0 Å². The maximum absolute atomic E-state index is 2.50. The zero-order valence-electron chi connectivity index (χ0n) is 24.5. The third kappa shape index (κ3) is 28.5. The molecule has 0 aromatic heterocycles. The Morgan fingerprint density at radius 2 is 0.559 bits per heavy atom. The third-order valence-corrected chi connectivity index (χ3v) is 7.76. The first-order valence-electron chi connectivity index (χ1n) is 15.9. The molecule has 0 radical (unpaired) electrons. The van der Waals surface area contributed by atoms with Gasteiger partial charge < -0.3 is 4.90 Å². The van der Waals surface area contributed by atoms with Gasteiger partial charge in [0.25, 0.3) is 0 Å². The van der Waals surface area contributed by atoms with Gasteiger partial charge in [-0.05, 0) is 26.9 Å². The second kappa shape index (κ2) is 31.3. The van der Waals surface area contributed by atoms with Crippen molar-refractivity contribution in [2.75, 3.05) is 14.1 Å². The van der Waals surface area contributed by atoms with E-state index in [0.29, 0.717) is 0 Å². The maximum atomic E-state index is 2.50. The van der Waals surface area contributed by atoms with Crippen LogP contribution in [-0.2, 0) is 0 Å². The summed E-state index contributed by atoms with van der Waals surface area (Å²) >= 11 is 0. The van der Waals surface area contributed by atoms with Crippen LogP contribution in [0.4, 0.5) is 0 Å². The third-order valence-electron chi connectivity index (χ3n) is 7.76. The summed E-state index contributed by atoms with van der Waals surface area (Å²) in [5, 5.41) is 0. The van der Waals surface area contributed by atoms with Crippen LogP contribution in [0.3, 0.4) is 0 Å². The molecular formula is C32H68ClN. The van der Waals surface area contributed by atoms with E-state index in [1.807, 2.05) is 0 Å². The Labute approximate surface area is 224 Å². The SMILES string of the molecule is CCCCCCCCCCCCCCCCCCC(CCCCCCCCCCC)N(C)C.Cl. The summed E-state index contributed by atoms with van der Waals surface area (Å²) in [4.78, 5) is 2.50. The lowest BCUT2D eigenvalue weighted by molar-refractivity contribution is 0.251. The first-order valence-corrected chi connectivity index (χ1v) is 15.9.